The fraction of sp³-hybridized carbons (Fsp3) is 0.625. The number of benzene rings is 1. The lowest BCUT2D eigenvalue weighted by Crippen LogP contribution is -2.43. The molecule has 0 unspecified atom stereocenters. The van der Waals surface area contributed by atoms with Gasteiger partial charge in [-0.05, 0) is 37.3 Å². The van der Waals surface area contributed by atoms with Gasteiger partial charge in [0.1, 0.15) is 5.82 Å². The molecule has 3 N–H and O–H groups in total. The minimum atomic E-state index is -0.190. The molecule has 0 saturated heterocycles. The van der Waals surface area contributed by atoms with Crippen LogP contribution >= 0.6 is 0 Å². The van der Waals surface area contributed by atoms with E-state index in [1.165, 1.54) is 6.07 Å². The molecule has 0 spiro atoms. The molecule has 3 heteroatoms. The van der Waals surface area contributed by atoms with Crippen molar-refractivity contribution in [2.45, 2.75) is 57.0 Å². The summed E-state index contributed by atoms with van der Waals surface area (Å²) in [5.41, 5.74) is 6.51. The molecule has 2 rings (SSSR count). The van der Waals surface area contributed by atoms with Crippen LogP contribution in [0.4, 0.5) is 4.39 Å². The third kappa shape index (κ3) is 3.77. The molecule has 0 aliphatic heterocycles. The average Bonchev–Trinajstić information content (AvgIpc) is 2.38. The van der Waals surface area contributed by atoms with E-state index in [0.717, 1.165) is 37.8 Å². The average molecular weight is 264 g/mol. The molecule has 1 aromatic rings. The summed E-state index contributed by atoms with van der Waals surface area (Å²) < 4.78 is 13.9. The molecule has 19 heavy (non-hydrogen) atoms. The Balaban J connectivity index is 1.93. The summed E-state index contributed by atoms with van der Waals surface area (Å²) in [7, 11) is 0. The van der Waals surface area contributed by atoms with Crippen LogP contribution in [0.15, 0.2) is 24.3 Å². The Kier molecular flexibility index (Phi) is 4.58. The van der Waals surface area contributed by atoms with E-state index in [1.807, 2.05) is 12.1 Å². The highest BCUT2D eigenvalue weighted by molar-refractivity contribution is 5.25. The molecule has 0 atom stereocenters. The molecule has 106 valence electrons. The second-order valence-electron chi connectivity index (χ2n) is 6.36. The Morgan fingerprint density at radius 2 is 1.84 bits per heavy atom. The van der Waals surface area contributed by atoms with Gasteiger partial charge in [0.05, 0.1) is 0 Å². The number of halogens is 1. The first-order valence-corrected chi connectivity index (χ1v) is 7.23. The van der Waals surface area contributed by atoms with Crippen LogP contribution in [0.2, 0.25) is 0 Å². The van der Waals surface area contributed by atoms with Gasteiger partial charge < -0.3 is 11.1 Å². The highest BCUT2D eigenvalue weighted by atomic mass is 19.1. The van der Waals surface area contributed by atoms with Crippen LogP contribution in [-0.2, 0) is 5.41 Å². The molecule has 0 radical (unpaired) electrons. The molecule has 0 aromatic heterocycles. The first-order chi connectivity index (χ1) is 8.99. The number of nitrogens with two attached hydrogens (primary N) is 1. The van der Waals surface area contributed by atoms with Crippen LogP contribution in [-0.4, -0.2) is 18.6 Å². The van der Waals surface area contributed by atoms with Crippen molar-refractivity contribution in [2.75, 3.05) is 6.54 Å². The fourth-order valence-corrected chi connectivity index (χ4v) is 2.83. The lowest BCUT2D eigenvalue weighted by Gasteiger charge is -2.32. The molecule has 2 nitrogen and oxygen atoms in total. The van der Waals surface area contributed by atoms with Crippen LogP contribution in [0.25, 0.3) is 0 Å². The molecule has 1 saturated carbocycles. The maximum absolute atomic E-state index is 13.9. The van der Waals surface area contributed by atoms with E-state index < -0.39 is 0 Å². The minimum Gasteiger partial charge on any atom is -0.328 e. The van der Waals surface area contributed by atoms with Crippen molar-refractivity contribution in [3.63, 3.8) is 0 Å². The van der Waals surface area contributed by atoms with E-state index >= 15 is 0 Å². The second-order valence-corrected chi connectivity index (χ2v) is 6.36. The Hall–Kier alpha value is -0.930. The fourth-order valence-electron chi connectivity index (χ4n) is 2.83. The summed E-state index contributed by atoms with van der Waals surface area (Å²) in [6, 6.07) is 7.97. The Labute approximate surface area is 115 Å². The van der Waals surface area contributed by atoms with E-state index in [1.54, 1.807) is 6.07 Å². The highest BCUT2D eigenvalue weighted by Crippen LogP contribution is 2.26. The third-order valence-electron chi connectivity index (χ3n) is 4.21. The van der Waals surface area contributed by atoms with Crippen molar-refractivity contribution in [1.82, 2.24) is 5.32 Å². The summed E-state index contributed by atoms with van der Waals surface area (Å²) in [5, 5.41) is 3.59. The van der Waals surface area contributed by atoms with Gasteiger partial charge in [0, 0.05) is 24.0 Å². The molecule has 1 aromatic carbocycles. The lowest BCUT2D eigenvalue weighted by molar-refractivity contribution is 0.317. The minimum absolute atomic E-state index is 0.111. The summed E-state index contributed by atoms with van der Waals surface area (Å²) in [5.74, 6) is -0.111. The van der Waals surface area contributed by atoms with Gasteiger partial charge in [-0.1, -0.05) is 32.0 Å². The standard InChI is InChI=1S/C16H25FN2/c1-16(2,14-5-3-4-6-15(14)17)11-19-13-9-7-12(18)8-10-13/h3-6,12-13,19H,7-11,18H2,1-2H3. The second kappa shape index (κ2) is 6.02. The molecule has 0 bridgehead atoms. The Bertz CT molecular complexity index is 409. The maximum atomic E-state index is 13.9. The van der Waals surface area contributed by atoms with E-state index in [-0.39, 0.29) is 11.2 Å². The first kappa shape index (κ1) is 14.5. The highest BCUT2D eigenvalue weighted by Gasteiger charge is 2.26. The topological polar surface area (TPSA) is 38.0 Å². The van der Waals surface area contributed by atoms with Crippen LogP contribution in [0.5, 0.6) is 0 Å². The smallest absolute Gasteiger partial charge is 0.126 e. The van der Waals surface area contributed by atoms with E-state index in [4.69, 9.17) is 5.73 Å². The van der Waals surface area contributed by atoms with E-state index in [9.17, 15) is 4.39 Å². The molecular weight excluding hydrogens is 239 g/mol. The van der Waals surface area contributed by atoms with Gasteiger partial charge in [0.25, 0.3) is 0 Å². The van der Waals surface area contributed by atoms with Gasteiger partial charge in [-0.2, -0.15) is 0 Å². The van der Waals surface area contributed by atoms with Gasteiger partial charge in [-0.25, -0.2) is 4.39 Å². The monoisotopic (exact) mass is 264 g/mol. The predicted molar refractivity (Wildman–Crippen MR) is 77.7 cm³/mol. The largest absolute Gasteiger partial charge is 0.328 e. The molecule has 1 aliphatic carbocycles. The number of hydrogen-bond acceptors (Lipinski definition) is 2. The summed E-state index contributed by atoms with van der Waals surface area (Å²) >= 11 is 0. The van der Waals surface area contributed by atoms with Crippen molar-refractivity contribution in [3.05, 3.63) is 35.6 Å². The maximum Gasteiger partial charge on any atom is 0.126 e. The number of rotatable bonds is 4. The van der Waals surface area contributed by atoms with Crippen molar-refractivity contribution >= 4 is 0 Å². The molecule has 1 fully saturated rings. The number of nitrogens with one attached hydrogen (secondary N) is 1. The molecule has 0 heterocycles. The molecule has 1 aliphatic rings. The van der Waals surface area contributed by atoms with Gasteiger partial charge in [-0.15, -0.1) is 0 Å². The summed E-state index contributed by atoms with van der Waals surface area (Å²) in [4.78, 5) is 0. The van der Waals surface area contributed by atoms with E-state index in [0.29, 0.717) is 12.1 Å². The van der Waals surface area contributed by atoms with Crippen LogP contribution in [0.1, 0.15) is 45.1 Å². The Morgan fingerprint density at radius 3 is 2.47 bits per heavy atom. The van der Waals surface area contributed by atoms with Crippen molar-refractivity contribution in [1.29, 1.82) is 0 Å². The van der Waals surface area contributed by atoms with Crippen LogP contribution < -0.4 is 11.1 Å². The van der Waals surface area contributed by atoms with Gasteiger partial charge >= 0.3 is 0 Å². The van der Waals surface area contributed by atoms with Gasteiger partial charge in [0.15, 0.2) is 0 Å². The van der Waals surface area contributed by atoms with Crippen LogP contribution in [0, 0.1) is 5.82 Å². The van der Waals surface area contributed by atoms with Crippen molar-refractivity contribution < 1.29 is 4.39 Å². The molecular formula is C16H25FN2. The van der Waals surface area contributed by atoms with Gasteiger partial charge in [-0.3, -0.25) is 0 Å². The van der Waals surface area contributed by atoms with Crippen molar-refractivity contribution in [2.24, 2.45) is 5.73 Å². The van der Waals surface area contributed by atoms with Gasteiger partial charge in [0.2, 0.25) is 0 Å². The SMILES string of the molecule is CC(C)(CNC1CCC(N)CC1)c1ccccc1F. The number of hydrogen-bond donors (Lipinski definition) is 2. The van der Waals surface area contributed by atoms with Crippen LogP contribution in [0.3, 0.4) is 0 Å². The molecule has 0 amide bonds. The Morgan fingerprint density at radius 1 is 1.21 bits per heavy atom. The summed E-state index contributed by atoms with van der Waals surface area (Å²) in [6.07, 6.45) is 4.46. The zero-order valence-corrected chi connectivity index (χ0v) is 12.0. The van der Waals surface area contributed by atoms with Crippen molar-refractivity contribution in [3.8, 4) is 0 Å². The lowest BCUT2D eigenvalue weighted by atomic mass is 9.83. The quantitative estimate of drug-likeness (QED) is 0.877. The van der Waals surface area contributed by atoms with E-state index in [2.05, 4.69) is 19.2 Å². The zero-order chi connectivity index (χ0) is 13.9. The third-order valence-corrected chi connectivity index (χ3v) is 4.21. The predicted octanol–water partition coefficient (Wildman–Crippen LogP) is 2.96. The summed E-state index contributed by atoms with van der Waals surface area (Å²) in [6.45, 7) is 4.98. The zero-order valence-electron chi connectivity index (χ0n) is 12.0. The first-order valence-electron chi connectivity index (χ1n) is 7.23. The normalized spacial score (nSPS) is 24.4.